The molecule has 2 aromatic heterocycles. The highest BCUT2D eigenvalue weighted by molar-refractivity contribution is 9.10. The molecule has 4 heteroatoms. The third-order valence-corrected chi connectivity index (χ3v) is 3.48. The highest BCUT2D eigenvalue weighted by Gasteiger charge is 2.09. The standard InChI is InChI=1S/C11H12BrN3/c1-7-6-10(4-5-13-7)15-9(3)11(12)8(2)14-15/h4-6H,1-3H3. The van der Waals surface area contributed by atoms with Crippen LogP contribution in [0.1, 0.15) is 17.1 Å². The molecule has 0 spiro atoms. The molecule has 0 aliphatic carbocycles. The van der Waals surface area contributed by atoms with E-state index in [1.165, 1.54) is 0 Å². The van der Waals surface area contributed by atoms with E-state index >= 15 is 0 Å². The van der Waals surface area contributed by atoms with Crippen LogP contribution < -0.4 is 0 Å². The summed E-state index contributed by atoms with van der Waals surface area (Å²) < 4.78 is 2.99. The fourth-order valence-electron chi connectivity index (χ4n) is 1.54. The molecule has 0 atom stereocenters. The van der Waals surface area contributed by atoms with Crippen LogP contribution in [0.5, 0.6) is 0 Å². The van der Waals surface area contributed by atoms with Gasteiger partial charge in [-0.3, -0.25) is 4.98 Å². The van der Waals surface area contributed by atoms with Gasteiger partial charge < -0.3 is 0 Å². The normalized spacial score (nSPS) is 10.7. The van der Waals surface area contributed by atoms with E-state index in [2.05, 4.69) is 26.0 Å². The fraction of sp³-hybridized carbons (Fsp3) is 0.273. The van der Waals surface area contributed by atoms with Crippen LogP contribution in [0.2, 0.25) is 0 Å². The third-order valence-electron chi connectivity index (χ3n) is 2.33. The monoisotopic (exact) mass is 265 g/mol. The molecule has 0 fully saturated rings. The van der Waals surface area contributed by atoms with Crippen molar-refractivity contribution >= 4 is 15.9 Å². The van der Waals surface area contributed by atoms with Crippen LogP contribution in [-0.4, -0.2) is 14.8 Å². The SMILES string of the molecule is Cc1cc(-n2nc(C)c(Br)c2C)ccn1. The summed E-state index contributed by atoms with van der Waals surface area (Å²) in [5.41, 5.74) is 4.16. The molecule has 0 bridgehead atoms. The first kappa shape index (κ1) is 10.4. The smallest absolute Gasteiger partial charge is 0.0743 e. The van der Waals surface area contributed by atoms with E-state index in [0.717, 1.165) is 27.2 Å². The largest absolute Gasteiger partial charge is 0.261 e. The van der Waals surface area contributed by atoms with Crippen molar-refractivity contribution in [1.82, 2.24) is 14.8 Å². The van der Waals surface area contributed by atoms with Crippen molar-refractivity contribution in [2.75, 3.05) is 0 Å². The molecule has 0 saturated heterocycles. The summed E-state index contributed by atoms with van der Waals surface area (Å²) in [4.78, 5) is 4.17. The van der Waals surface area contributed by atoms with Crippen molar-refractivity contribution in [3.63, 3.8) is 0 Å². The topological polar surface area (TPSA) is 30.7 Å². The van der Waals surface area contributed by atoms with E-state index in [0.29, 0.717) is 0 Å². The Balaban J connectivity index is 2.59. The highest BCUT2D eigenvalue weighted by atomic mass is 79.9. The zero-order chi connectivity index (χ0) is 11.0. The molecule has 0 aromatic carbocycles. The molecule has 0 aliphatic heterocycles. The van der Waals surface area contributed by atoms with Crippen LogP contribution in [0, 0.1) is 20.8 Å². The maximum Gasteiger partial charge on any atom is 0.0743 e. The van der Waals surface area contributed by atoms with Gasteiger partial charge in [-0.1, -0.05) is 0 Å². The van der Waals surface area contributed by atoms with Gasteiger partial charge in [0, 0.05) is 11.9 Å². The molecule has 0 unspecified atom stereocenters. The Kier molecular flexibility index (Phi) is 2.61. The minimum atomic E-state index is 0.996. The van der Waals surface area contributed by atoms with E-state index in [-0.39, 0.29) is 0 Å². The van der Waals surface area contributed by atoms with Crippen LogP contribution >= 0.6 is 15.9 Å². The lowest BCUT2D eigenvalue weighted by Gasteiger charge is -2.04. The Morgan fingerprint density at radius 1 is 1.27 bits per heavy atom. The Hall–Kier alpha value is -1.16. The molecular formula is C11H12BrN3. The van der Waals surface area contributed by atoms with Crippen molar-refractivity contribution in [2.45, 2.75) is 20.8 Å². The summed E-state index contributed by atoms with van der Waals surface area (Å²) in [5, 5.41) is 4.46. The summed E-state index contributed by atoms with van der Waals surface area (Å²) in [5.74, 6) is 0. The average molecular weight is 266 g/mol. The molecule has 0 saturated carbocycles. The lowest BCUT2D eigenvalue weighted by Crippen LogP contribution is -1.99. The van der Waals surface area contributed by atoms with E-state index < -0.39 is 0 Å². The van der Waals surface area contributed by atoms with Gasteiger partial charge in [0.2, 0.25) is 0 Å². The quantitative estimate of drug-likeness (QED) is 0.794. The molecule has 15 heavy (non-hydrogen) atoms. The summed E-state index contributed by atoms with van der Waals surface area (Å²) in [6.07, 6.45) is 1.80. The Morgan fingerprint density at radius 2 is 2.00 bits per heavy atom. The van der Waals surface area contributed by atoms with E-state index in [4.69, 9.17) is 0 Å². The van der Waals surface area contributed by atoms with E-state index in [1.807, 2.05) is 37.6 Å². The second kappa shape index (κ2) is 3.77. The molecule has 3 nitrogen and oxygen atoms in total. The molecular weight excluding hydrogens is 254 g/mol. The van der Waals surface area contributed by atoms with Crippen LogP contribution in [-0.2, 0) is 0 Å². The van der Waals surface area contributed by atoms with Gasteiger partial charge in [-0.15, -0.1) is 0 Å². The summed E-state index contributed by atoms with van der Waals surface area (Å²) in [7, 11) is 0. The molecule has 0 radical (unpaired) electrons. The minimum Gasteiger partial charge on any atom is -0.261 e. The number of hydrogen-bond donors (Lipinski definition) is 0. The lowest BCUT2D eigenvalue weighted by molar-refractivity contribution is 0.829. The third kappa shape index (κ3) is 1.81. The van der Waals surface area contributed by atoms with Gasteiger partial charge in [0.05, 0.1) is 21.5 Å². The van der Waals surface area contributed by atoms with Crippen molar-refractivity contribution in [3.8, 4) is 5.69 Å². The summed E-state index contributed by atoms with van der Waals surface area (Å²) >= 11 is 3.52. The van der Waals surface area contributed by atoms with Crippen molar-refractivity contribution in [1.29, 1.82) is 0 Å². The summed E-state index contributed by atoms with van der Waals surface area (Å²) in [6, 6.07) is 3.98. The average Bonchev–Trinajstić information content (AvgIpc) is 2.46. The number of halogens is 1. The van der Waals surface area contributed by atoms with Crippen LogP contribution in [0.4, 0.5) is 0 Å². The first-order chi connectivity index (χ1) is 7.09. The number of rotatable bonds is 1. The number of nitrogens with zero attached hydrogens (tertiary/aromatic N) is 3. The van der Waals surface area contributed by atoms with Gasteiger partial charge in [-0.2, -0.15) is 5.10 Å². The van der Waals surface area contributed by atoms with Gasteiger partial charge in [0.1, 0.15) is 0 Å². The molecule has 2 rings (SSSR count). The fourth-order valence-corrected chi connectivity index (χ4v) is 1.78. The minimum absolute atomic E-state index is 0.996. The molecule has 0 aliphatic rings. The predicted molar refractivity (Wildman–Crippen MR) is 63.3 cm³/mol. The first-order valence-corrected chi connectivity index (χ1v) is 5.53. The predicted octanol–water partition coefficient (Wildman–Crippen LogP) is 2.96. The maximum atomic E-state index is 4.46. The van der Waals surface area contributed by atoms with Crippen LogP contribution in [0.15, 0.2) is 22.8 Å². The lowest BCUT2D eigenvalue weighted by atomic mass is 10.3. The van der Waals surface area contributed by atoms with Gasteiger partial charge in [0.25, 0.3) is 0 Å². The van der Waals surface area contributed by atoms with Gasteiger partial charge in [-0.25, -0.2) is 4.68 Å². The zero-order valence-electron chi connectivity index (χ0n) is 8.95. The number of hydrogen-bond acceptors (Lipinski definition) is 2. The van der Waals surface area contributed by atoms with Gasteiger partial charge in [-0.05, 0) is 48.8 Å². The summed E-state index contributed by atoms with van der Waals surface area (Å²) in [6.45, 7) is 6.01. The highest BCUT2D eigenvalue weighted by Crippen LogP contribution is 2.22. The van der Waals surface area contributed by atoms with Crippen molar-refractivity contribution < 1.29 is 0 Å². The zero-order valence-corrected chi connectivity index (χ0v) is 10.5. The van der Waals surface area contributed by atoms with Crippen molar-refractivity contribution in [3.05, 3.63) is 39.9 Å². The second-order valence-electron chi connectivity index (χ2n) is 3.55. The Labute approximate surface area is 97.3 Å². The van der Waals surface area contributed by atoms with Crippen molar-refractivity contribution in [2.24, 2.45) is 0 Å². The van der Waals surface area contributed by atoms with Gasteiger partial charge >= 0.3 is 0 Å². The second-order valence-corrected chi connectivity index (χ2v) is 4.35. The van der Waals surface area contributed by atoms with E-state index in [9.17, 15) is 0 Å². The first-order valence-electron chi connectivity index (χ1n) is 4.74. The van der Waals surface area contributed by atoms with E-state index in [1.54, 1.807) is 6.20 Å². The van der Waals surface area contributed by atoms with Crippen LogP contribution in [0.25, 0.3) is 5.69 Å². The molecule has 78 valence electrons. The maximum absolute atomic E-state index is 4.46. The van der Waals surface area contributed by atoms with Gasteiger partial charge in [0.15, 0.2) is 0 Å². The molecule has 0 amide bonds. The Bertz CT molecular complexity index is 503. The number of aryl methyl sites for hydroxylation is 2. The molecule has 2 heterocycles. The number of aromatic nitrogens is 3. The molecule has 0 N–H and O–H groups in total. The Morgan fingerprint density at radius 3 is 2.53 bits per heavy atom. The molecule has 2 aromatic rings. The van der Waals surface area contributed by atoms with Crippen LogP contribution in [0.3, 0.4) is 0 Å². The number of pyridine rings is 1.